The quantitative estimate of drug-likeness (QED) is 0.777. The van der Waals surface area contributed by atoms with Crippen LogP contribution in [0.15, 0.2) is 43.0 Å². The molecule has 5 nitrogen and oxygen atoms in total. The van der Waals surface area contributed by atoms with Crippen molar-refractivity contribution in [1.82, 2.24) is 0 Å². The molecule has 0 bridgehead atoms. The van der Waals surface area contributed by atoms with Crippen LogP contribution in [0.5, 0.6) is 0 Å². The molecule has 2 aliphatic heterocycles. The zero-order valence-corrected chi connectivity index (χ0v) is 14.3. The van der Waals surface area contributed by atoms with E-state index in [-0.39, 0.29) is 12.2 Å². The molecule has 5 heteroatoms. The van der Waals surface area contributed by atoms with Crippen LogP contribution < -0.4 is 0 Å². The van der Waals surface area contributed by atoms with Gasteiger partial charge in [0.05, 0.1) is 12.7 Å². The van der Waals surface area contributed by atoms with Crippen LogP contribution in [-0.2, 0) is 25.6 Å². The minimum absolute atomic E-state index is 0.341. The predicted octanol–water partition coefficient (Wildman–Crippen LogP) is 2.78. The lowest BCUT2D eigenvalue weighted by molar-refractivity contribution is -0.230. The Morgan fingerprint density at radius 2 is 2.04 bits per heavy atom. The first-order valence-electron chi connectivity index (χ1n) is 8.46. The summed E-state index contributed by atoms with van der Waals surface area (Å²) in [4.78, 5) is 0. The lowest BCUT2D eigenvalue weighted by Gasteiger charge is -2.28. The summed E-state index contributed by atoms with van der Waals surface area (Å²) < 4.78 is 23.8. The molecule has 0 unspecified atom stereocenters. The van der Waals surface area contributed by atoms with Crippen molar-refractivity contribution in [3.05, 3.63) is 48.6 Å². The van der Waals surface area contributed by atoms with Gasteiger partial charge in [-0.05, 0) is 32.3 Å². The molecular weight excluding hydrogens is 308 g/mol. The third-order valence-corrected chi connectivity index (χ3v) is 4.36. The number of rotatable bonds is 7. The van der Waals surface area contributed by atoms with Crippen LogP contribution >= 0.6 is 0 Å². The lowest BCUT2D eigenvalue weighted by atomic mass is 10.0. The molecule has 1 aromatic rings. The van der Waals surface area contributed by atoms with Crippen LogP contribution in [0, 0.1) is 0 Å². The highest BCUT2D eigenvalue weighted by Gasteiger charge is 2.56. The first kappa shape index (κ1) is 17.6. The second-order valence-electron chi connectivity index (χ2n) is 6.76. The highest BCUT2D eigenvalue weighted by atomic mass is 16.8. The van der Waals surface area contributed by atoms with E-state index >= 15 is 0 Å². The van der Waals surface area contributed by atoms with Crippen molar-refractivity contribution < 1.29 is 24.1 Å². The number of fused-ring (bicyclic) bond motifs is 1. The number of hydrogen-bond acceptors (Lipinski definition) is 5. The monoisotopic (exact) mass is 334 g/mol. The van der Waals surface area contributed by atoms with Crippen molar-refractivity contribution in [3.8, 4) is 0 Å². The highest BCUT2D eigenvalue weighted by molar-refractivity contribution is 5.13. The van der Waals surface area contributed by atoms with Crippen molar-refractivity contribution in [1.29, 1.82) is 0 Å². The molecule has 0 spiro atoms. The molecule has 0 saturated carbocycles. The molecule has 2 fully saturated rings. The summed E-state index contributed by atoms with van der Waals surface area (Å²) in [6.07, 6.45) is 0.726. The zero-order chi connectivity index (χ0) is 17.2. The van der Waals surface area contributed by atoms with E-state index in [1.165, 1.54) is 0 Å². The van der Waals surface area contributed by atoms with Crippen molar-refractivity contribution in [2.75, 3.05) is 0 Å². The minimum atomic E-state index is -0.708. The zero-order valence-electron chi connectivity index (χ0n) is 14.3. The van der Waals surface area contributed by atoms with Crippen LogP contribution in [0.25, 0.3) is 0 Å². The fourth-order valence-electron chi connectivity index (χ4n) is 3.22. The Labute approximate surface area is 143 Å². The van der Waals surface area contributed by atoms with E-state index < -0.39 is 24.3 Å². The normalized spacial score (nSPS) is 32.5. The van der Waals surface area contributed by atoms with E-state index in [1.807, 2.05) is 44.2 Å². The molecule has 1 N–H and O–H groups in total. The average molecular weight is 334 g/mol. The molecule has 0 aliphatic carbocycles. The van der Waals surface area contributed by atoms with Gasteiger partial charge in [0, 0.05) is 0 Å². The van der Waals surface area contributed by atoms with Gasteiger partial charge in [0.2, 0.25) is 0 Å². The predicted molar refractivity (Wildman–Crippen MR) is 89.2 cm³/mol. The Kier molecular flexibility index (Phi) is 5.37. The molecule has 0 radical (unpaired) electrons. The number of aliphatic hydroxyl groups is 1. The molecule has 1 aromatic carbocycles. The summed E-state index contributed by atoms with van der Waals surface area (Å²) in [5.41, 5.74) is 1.07. The van der Waals surface area contributed by atoms with Gasteiger partial charge in [-0.3, -0.25) is 0 Å². The van der Waals surface area contributed by atoms with Gasteiger partial charge in [0.1, 0.15) is 18.3 Å². The Morgan fingerprint density at radius 1 is 1.29 bits per heavy atom. The number of ether oxygens (including phenoxy) is 4. The van der Waals surface area contributed by atoms with Gasteiger partial charge < -0.3 is 24.1 Å². The van der Waals surface area contributed by atoms with E-state index in [1.54, 1.807) is 6.08 Å². The molecule has 2 saturated heterocycles. The van der Waals surface area contributed by atoms with Gasteiger partial charge in [-0.25, -0.2) is 0 Å². The molecule has 132 valence electrons. The van der Waals surface area contributed by atoms with E-state index in [2.05, 4.69) is 6.58 Å². The standard InChI is InChI=1S/C19H26O5/c1-4-5-11-14(20)15-16(21-12-13-9-7-6-8-10-13)17-18(22-15)24-19(2,3)23-17/h4,6-10,14-18,20H,1,5,11-12H2,2-3H3/t14-,15+,16+,17+,18+/m0/s1. The Balaban J connectivity index is 1.70. The molecular formula is C19H26O5. The SMILES string of the molecule is C=CCC[C@H](O)[C@H]1O[C@@H]2OC(C)(C)O[C@@H]2[C@@H]1OCc1ccccc1. The van der Waals surface area contributed by atoms with Crippen LogP contribution in [-0.4, -0.2) is 41.6 Å². The highest BCUT2D eigenvalue weighted by Crippen LogP contribution is 2.40. The van der Waals surface area contributed by atoms with Gasteiger partial charge >= 0.3 is 0 Å². The smallest absolute Gasteiger partial charge is 0.190 e. The fourth-order valence-corrected chi connectivity index (χ4v) is 3.22. The Hall–Kier alpha value is -1.24. The average Bonchev–Trinajstić information content (AvgIpc) is 3.03. The molecule has 2 heterocycles. The first-order chi connectivity index (χ1) is 11.5. The number of allylic oxidation sites excluding steroid dienone is 1. The number of aliphatic hydroxyl groups excluding tert-OH is 1. The van der Waals surface area contributed by atoms with Crippen molar-refractivity contribution in [2.24, 2.45) is 0 Å². The molecule has 5 atom stereocenters. The maximum Gasteiger partial charge on any atom is 0.190 e. The van der Waals surface area contributed by atoms with Crippen LogP contribution in [0.3, 0.4) is 0 Å². The molecule has 24 heavy (non-hydrogen) atoms. The number of benzene rings is 1. The van der Waals surface area contributed by atoms with E-state index in [0.29, 0.717) is 13.0 Å². The maximum absolute atomic E-state index is 10.5. The topological polar surface area (TPSA) is 57.2 Å². The third-order valence-electron chi connectivity index (χ3n) is 4.36. The second-order valence-corrected chi connectivity index (χ2v) is 6.76. The largest absolute Gasteiger partial charge is 0.390 e. The second kappa shape index (κ2) is 7.33. The van der Waals surface area contributed by atoms with Gasteiger partial charge in [-0.1, -0.05) is 36.4 Å². The molecule has 2 aliphatic rings. The summed E-state index contributed by atoms with van der Waals surface area (Å²) in [6.45, 7) is 7.84. The maximum atomic E-state index is 10.5. The van der Waals surface area contributed by atoms with Crippen molar-refractivity contribution in [3.63, 3.8) is 0 Å². The Bertz CT molecular complexity index is 544. The minimum Gasteiger partial charge on any atom is -0.390 e. The van der Waals surface area contributed by atoms with Crippen LogP contribution in [0.4, 0.5) is 0 Å². The lowest BCUT2D eigenvalue weighted by Crippen LogP contribution is -2.42. The van der Waals surface area contributed by atoms with E-state index in [0.717, 1.165) is 12.0 Å². The van der Waals surface area contributed by atoms with E-state index in [4.69, 9.17) is 18.9 Å². The molecule has 0 amide bonds. The van der Waals surface area contributed by atoms with Crippen LogP contribution in [0.1, 0.15) is 32.3 Å². The Morgan fingerprint density at radius 3 is 2.75 bits per heavy atom. The number of hydrogen-bond donors (Lipinski definition) is 1. The molecule has 3 rings (SSSR count). The third kappa shape index (κ3) is 3.87. The molecule has 0 aromatic heterocycles. The fraction of sp³-hybridized carbons (Fsp3) is 0.579. The van der Waals surface area contributed by atoms with Gasteiger partial charge in [-0.2, -0.15) is 0 Å². The van der Waals surface area contributed by atoms with Crippen molar-refractivity contribution in [2.45, 2.75) is 69.8 Å². The van der Waals surface area contributed by atoms with E-state index in [9.17, 15) is 5.11 Å². The van der Waals surface area contributed by atoms with Crippen molar-refractivity contribution >= 4 is 0 Å². The summed E-state index contributed by atoms with van der Waals surface area (Å²) >= 11 is 0. The summed E-state index contributed by atoms with van der Waals surface area (Å²) in [5.74, 6) is -0.708. The van der Waals surface area contributed by atoms with Gasteiger partial charge in [0.15, 0.2) is 12.1 Å². The summed E-state index contributed by atoms with van der Waals surface area (Å²) in [6, 6.07) is 9.93. The van der Waals surface area contributed by atoms with Crippen LogP contribution in [0.2, 0.25) is 0 Å². The summed E-state index contributed by atoms with van der Waals surface area (Å²) in [7, 11) is 0. The van der Waals surface area contributed by atoms with Gasteiger partial charge in [-0.15, -0.1) is 6.58 Å². The van der Waals surface area contributed by atoms with Gasteiger partial charge in [0.25, 0.3) is 0 Å². The first-order valence-corrected chi connectivity index (χ1v) is 8.46. The summed E-state index contributed by atoms with van der Waals surface area (Å²) in [5, 5.41) is 10.5.